The second-order valence-corrected chi connectivity index (χ2v) is 1.32. The Morgan fingerprint density at radius 3 is 2.90 bits per heavy atom. The zero-order valence-electron chi connectivity index (χ0n) is 11.2. The first-order valence-electron chi connectivity index (χ1n) is 4.91. The summed E-state index contributed by atoms with van der Waals surface area (Å²) < 4.78 is 41.3. The molecule has 5 N–H and O–H groups in total. The third kappa shape index (κ3) is 5.17. The Kier molecular flexibility index (Phi) is 1.67. The number of nitrogens with two attached hydrogens (primary N) is 1. The van der Waals surface area contributed by atoms with Crippen LogP contribution in [0.25, 0.3) is 0 Å². The summed E-state index contributed by atoms with van der Waals surface area (Å²) in [5.74, 6) is -1.76. The highest BCUT2D eigenvalue weighted by Gasteiger charge is 1.96. The number of rotatable bonds is 0. The van der Waals surface area contributed by atoms with Crippen LogP contribution in [0, 0.1) is 10.8 Å². The summed E-state index contributed by atoms with van der Waals surface area (Å²) in [5, 5.41) is 14.3. The highest BCUT2D eigenvalue weighted by Crippen LogP contribution is 1.70. The van der Waals surface area contributed by atoms with Crippen LogP contribution in [-0.2, 0) is 0 Å². The van der Waals surface area contributed by atoms with Crippen molar-refractivity contribution < 1.29 is 8.35 Å². The van der Waals surface area contributed by atoms with Crippen LogP contribution >= 0.6 is 12.4 Å². The van der Waals surface area contributed by atoms with E-state index in [0.29, 0.717) is 4.90 Å². The maximum absolute atomic E-state index is 7.25. The van der Waals surface area contributed by atoms with E-state index in [1.165, 1.54) is 0 Å². The van der Waals surface area contributed by atoms with Gasteiger partial charge in [-0.1, -0.05) is 0 Å². The molecule has 0 heterocycles. The average Bonchev–Trinajstić information content (AvgIpc) is 2.11. The second kappa shape index (κ2) is 4.87. The maximum Gasteiger partial charge on any atom is 0.197 e. The molecule has 10 heavy (non-hydrogen) atoms. The smallest absolute Gasteiger partial charge is 0.197 e. The fraction of sp³-hybridized carbons (Fsp3) is 0.500. The lowest BCUT2D eigenvalue weighted by molar-refractivity contribution is 0.599. The van der Waals surface area contributed by atoms with E-state index in [1.54, 1.807) is 0 Å². The van der Waals surface area contributed by atoms with Crippen molar-refractivity contribution in [3.63, 3.8) is 0 Å². The van der Waals surface area contributed by atoms with E-state index in [1.807, 2.05) is 0 Å². The van der Waals surface area contributed by atoms with Crippen molar-refractivity contribution in [1.82, 2.24) is 10.2 Å². The van der Waals surface area contributed by atoms with Crippen molar-refractivity contribution in [3.05, 3.63) is 0 Å². The Bertz CT molecular complexity index is 266. The van der Waals surface area contributed by atoms with Crippen LogP contribution in [0.4, 0.5) is 0 Å². The minimum atomic E-state index is -2.61. The van der Waals surface area contributed by atoms with Gasteiger partial charge in [0.2, 0.25) is 0 Å². The van der Waals surface area contributed by atoms with Gasteiger partial charge in [-0.3, -0.25) is 16.1 Å². The number of hydrogen-bond acceptors (Lipinski definition) is 2. The Labute approximate surface area is 74.6 Å². The normalized spacial score (nSPS) is 16.9. The molecule has 6 heteroatoms. The molecule has 0 saturated heterocycles. The zero-order valence-corrected chi connectivity index (χ0v) is 6.07. The molecule has 0 saturated carbocycles. The molecule has 0 aliphatic rings. The van der Waals surface area contributed by atoms with E-state index >= 15 is 0 Å². The quantitative estimate of drug-likeness (QED) is 0.290. The molecule has 0 aliphatic carbocycles. The predicted octanol–water partition coefficient (Wildman–Crippen LogP) is -0.612. The van der Waals surface area contributed by atoms with E-state index in [-0.39, 0.29) is 23.4 Å². The monoisotopic (exact) mass is 171 g/mol. The average molecular weight is 172 g/mol. The summed E-state index contributed by atoms with van der Waals surface area (Å²) in [7, 11) is 1.06. The number of halogens is 1. The van der Waals surface area contributed by atoms with Gasteiger partial charge in [-0.15, -0.1) is 12.4 Å². The summed E-state index contributed by atoms with van der Waals surface area (Å²) in [4.78, 5) is 0.484. The number of nitrogens with zero attached hydrogens (tertiary/aromatic N) is 1. The molecule has 0 aromatic rings. The topological polar surface area (TPSA) is 89.0 Å². The first kappa shape index (κ1) is 3.43. The molecule has 0 aromatic carbocycles. The Morgan fingerprint density at radius 2 is 2.50 bits per heavy atom. The number of hydrogen-bond donors (Lipinski definition) is 4. The second-order valence-electron chi connectivity index (χ2n) is 1.32. The van der Waals surface area contributed by atoms with Crippen molar-refractivity contribution in [2.24, 2.45) is 5.72 Å². The fourth-order valence-corrected chi connectivity index (χ4v) is 0.175. The van der Waals surface area contributed by atoms with Crippen LogP contribution in [0.3, 0.4) is 0 Å². The van der Waals surface area contributed by atoms with E-state index < -0.39 is 18.9 Å². The predicted molar refractivity (Wildman–Crippen MR) is 43.7 cm³/mol. The van der Waals surface area contributed by atoms with Crippen molar-refractivity contribution in [1.29, 1.82) is 10.8 Å². The lowest BCUT2D eigenvalue weighted by Crippen LogP contribution is -2.42. The van der Waals surface area contributed by atoms with Gasteiger partial charge >= 0.3 is 0 Å². The summed E-state index contributed by atoms with van der Waals surface area (Å²) in [6.07, 6.45) is 0. The van der Waals surface area contributed by atoms with Crippen LogP contribution in [0.5, 0.6) is 0 Å². The van der Waals surface area contributed by atoms with Gasteiger partial charge in [0.1, 0.15) is 0 Å². The van der Waals surface area contributed by atoms with Crippen LogP contribution in [0.2, 0.25) is 4.24 Å². The van der Waals surface area contributed by atoms with Crippen LogP contribution < -0.4 is 11.0 Å². The van der Waals surface area contributed by atoms with Gasteiger partial charge in [0, 0.05) is 18.1 Å². The Hall–Kier alpha value is -0.970. The summed E-state index contributed by atoms with van der Waals surface area (Å²) >= 11 is 0. The molecule has 0 unspecified atom stereocenters. The number of nitrogens with one attached hydrogen (secondary N) is 3. The first-order chi connectivity index (χ1) is 6.59. The highest BCUT2D eigenvalue weighted by molar-refractivity contribution is 5.94. The van der Waals surface area contributed by atoms with Gasteiger partial charge < -0.3 is 10.6 Å². The van der Waals surface area contributed by atoms with Gasteiger partial charge in [-0.2, -0.15) is 0 Å². The SMILES string of the molecule is Cl.[2H]N([2H])C(=N)N([2H])C(=N)N(C)C([2H])([2H])[2H]. The summed E-state index contributed by atoms with van der Waals surface area (Å²) in [5.41, 5.74) is -0.200. The summed E-state index contributed by atoms with van der Waals surface area (Å²) in [6, 6.07) is 0. The van der Waals surface area contributed by atoms with Crippen LogP contribution in [0.15, 0.2) is 0 Å². The largest absolute Gasteiger partial charge is 0.370 e. The van der Waals surface area contributed by atoms with Gasteiger partial charge in [-0.25, -0.2) is 0 Å². The van der Waals surface area contributed by atoms with Crippen LogP contribution in [-0.4, -0.2) is 30.8 Å². The molecule has 0 rings (SSSR count). The minimum Gasteiger partial charge on any atom is -0.370 e. The fourth-order valence-electron chi connectivity index (χ4n) is 0.175. The maximum atomic E-state index is 7.25. The standard InChI is InChI=1S/C4H11N5.ClH/c1-9(2)4(7)8-3(5)6;/h1-2H3,(H5,5,6,7,8);1H/i1D3;/hD3. The minimum absolute atomic E-state index is 0. The molecule has 0 aromatic heterocycles. The third-order valence-electron chi connectivity index (χ3n) is 0.530. The molecule has 0 bridgehead atoms. The molecule has 60 valence electrons. The highest BCUT2D eigenvalue weighted by atomic mass is 35.5. The van der Waals surface area contributed by atoms with E-state index in [9.17, 15) is 0 Å². The molecule has 0 spiro atoms. The summed E-state index contributed by atoms with van der Waals surface area (Å²) in [6.45, 7) is -2.61. The molecule has 0 aliphatic heterocycles. The molecule has 0 atom stereocenters. The zero-order chi connectivity index (χ0) is 12.4. The van der Waals surface area contributed by atoms with Crippen molar-refractivity contribution in [2.45, 2.75) is 0 Å². The van der Waals surface area contributed by atoms with E-state index in [4.69, 9.17) is 19.2 Å². The first-order valence-corrected chi connectivity index (χ1v) is 2.07. The van der Waals surface area contributed by atoms with E-state index in [0.717, 1.165) is 7.05 Å². The number of guanidine groups is 2. The van der Waals surface area contributed by atoms with Crippen LogP contribution in [0.1, 0.15) is 4.11 Å². The molecular formula is C4H12ClN5. The lowest BCUT2D eigenvalue weighted by atomic mass is 10.8. The molecule has 5 nitrogen and oxygen atoms in total. The van der Waals surface area contributed by atoms with Gasteiger partial charge in [0.25, 0.3) is 0 Å². The van der Waals surface area contributed by atoms with Crippen molar-refractivity contribution >= 4 is 24.3 Å². The Morgan fingerprint density at radius 1 is 1.90 bits per heavy atom. The molecule has 0 radical (unpaired) electrons. The molecule has 0 amide bonds. The van der Waals surface area contributed by atoms with Crippen molar-refractivity contribution in [2.75, 3.05) is 14.0 Å². The molecule has 0 fully saturated rings. The third-order valence-corrected chi connectivity index (χ3v) is 0.530. The van der Waals surface area contributed by atoms with Gasteiger partial charge in [0.15, 0.2) is 16.2 Å². The van der Waals surface area contributed by atoms with E-state index in [2.05, 4.69) is 0 Å². The van der Waals surface area contributed by atoms with Crippen molar-refractivity contribution in [3.8, 4) is 0 Å². The van der Waals surface area contributed by atoms with Gasteiger partial charge in [-0.05, 0) is 0 Å². The Balaban J connectivity index is 0. The van der Waals surface area contributed by atoms with Gasteiger partial charge in [0.05, 0.1) is 0 Å². The lowest BCUT2D eigenvalue weighted by Gasteiger charge is -2.13. The molecular weight excluding hydrogens is 154 g/mol.